The number of aromatic nitrogens is 3. The normalized spacial score (nSPS) is 11.2. The average molecular weight is 1240 g/mol. The van der Waals surface area contributed by atoms with Crippen LogP contribution in [0.25, 0.3) is 133 Å². The third-order valence-electron chi connectivity index (χ3n) is 15.4. The minimum atomic E-state index is 0. The van der Waals surface area contributed by atoms with E-state index in [0.717, 1.165) is 116 Å². The van der Waals surface area contributed by atoms with Gasteiger partial charge in [0.05, 0.1) is 16.7 Å². The first-order valence-electron chi connectivity index (χ1n) is 27.2. The number of rotatable bonds is 6. The molecule has 0 aliphatic heterocycles. The van der Waals surface area contributed by atoms with Gasteiger partial charge in [0.2, 0.25) is 0 Å². The zero-order valence-electron chi connectivity index (χ0n) is 46.2. The minimum absolute atomic E-state index is 0. The molecule has 0 fully saturated rings. The molecule has 15 rings (SSSR count). The summed E-state index contributed by atoms with van der Waals surface area (Å²) in [6.45, 7) is 12.9. The Kier molecular flexibility index (Phi) is 14.6. The second kappa shape index (κ2) is 22.6. The number of fused-ring (bicyclic) bond motifs is 9. The van der Waals surface area contributed by atoms with Gasteiger partial charge in [-0.2, -0.15) is 0 Å². The molecule has 6 heterocycles. The van der Waals surface area contributed by atoms with Gasteiger partial charge in [-0.15, -0.1) is 54.6 Å². The molecule has 0 aliphatic carbocycles. The van der Waals surface area contributed by atoms with Crippen molar-refractivity contribution in [3.8, 4) is 67.2 Å². The zero-order valence-corrected chi connectivity index (χ0v) is 48.6. The van der Waals surface area contributed by atoms with Gasteiger partial charge in [0, 0.05) is 34.7 Å². The zero-order chi connectivity index (χ0) is 55.1. The Balaban J connectivity index is 0.000000121. The third kappa shape index (κ3) is 9.89. The molecule has 0 bridgehead atoms. The van der Waals surface area contributed by atoms with E-state index in [9.17, 15) is 0 Å². The van der Waals surface area contributed by atoms with Gasteiger partial charge < -0.3 is 28.2 Å². The average Bonchev–Trinajstić information content (AvgIpc) is 4.28. The van der Waals surface area contributed by atoms with Gasteiger partial charge >= 0.3 is 20.1 Å². The molecular formula is C75H54IrN3O3. The van der Waals surface area contributed by atoms with Crippen LogP contribution in [0.1, 0.15) is 33.4 Å². The maximum absolute atomic E-state index is 6.16. The Labute approximate surface area is 490 Å². The second-order valence-corrected chi connectivity index (χ2v) is 20.7. The fraction of sp³-hybridized carbons (Fsp3) is 0.0800. The molecule has 0 radical (unpaired) electrons. The number of hydrogen-bond donors (Lipinski definition) is 0. The summed E-state index contributed by atoms with van der Waals surface area (Å²) in [7, 11) is 0. The molecule has 0 N–H and O–H groups in total. The van der Waals surface area contributed by atoms with Gasteiger partial charge in [-0.1, -0.05) is 160 Å². The van der Waals surface area contributed by atoms with Crippen molar-refractivity contribution in [1.29, 1.82) is 0 Å². The maximum Gasteiger partial charge on any atom is 3.00 e. The molecule has 0 aliphatic rings. The van der Waals surface area contributed by atoms with Crippen molar-refractivity contribution < 1.29 is 33.4 Å². The Hall–Kier alpha value is -9.52. The van der Waals surface area contributed by atoms with Crippen LogP contribution in [0.4, 0.5) is 0 Å². The molecule has 82 heavy (non-hydrogen) atoms. The van der Waals surface area contributed by atoms with Crippen LogP contribution in [0.5, 0.6) is 0 Å². The summed E-state index contributed by atoms with van der Waals surface area (Å²) in [4.78, 5) is 13.9. The number of para-hydroxylation sites is 3. The predicted molar refractivity (Wildman–Crippen MR) is 332 cm³/mol. The fourth-order valence-corrected chi connectivity index (χ4v) is 11.6. The van der Waals surface area contributed by atoms with E-state index in [0.29, 0.717) is 0 Å². The fourth-order valence-electron chi connectivity index (χ4n) is 11.6. The van der Waals surface area contributed by atoms with E-state index in [1.54, 1.807) is 0 Å². The molecule has 15 aromatic rings. The topological polar surface area (TPSA) is 78.1 Å². The third-order valence-corrected chi connectivity index (χ3v) is 15.4. The molecule has 9 aromatic carbocycles. The summed E-state index contributed by atoms with van der Waals surface area (Å²) in [5, 5.41) is 6.65. The van der Waals surface area contributed by atoms with E-state index in [4.69, 9.17) is 13.3 Å². The molecule has 0 spiro atoms. The van der Waals surface area contributed by atoms with Gasteiger partial charge in [-0.05, 0) is 162 Å². The molecule has 0 saturated heterocycles. The van der Waals surface area contributed by atoms with Crippen LogP contribution in [0.3, 0.4) is 0 Å². The molecule has 6 nitrogen and oxygen atoms in total. The van der Waals surface area contributed by atoms with Crippen molar-refractivity contribution in [2.24, 2.45) is 0 Å². The molecule has 7 heteroatoms. The quantitative estimate of drug-likeness (QED) is 0.154. The van der Waals surface area contributed by atoms with Crippen LogP contribution in [-0.2, 0) is 20.1 Å². The van der Waals surface area contributed by atoms with E-state index >= 15 is 0 Å². The van der Waals surface area contributed by atoms with Gasteiger partial charge in [0.25, 0.3) is 0 Å². The first-order valence-corrected chi connectivity index (χ1v) is 27.2. The van der Waals surface area contributed by atoms with Crippen LogP contribution >= 0.6 is 0 Å². The largest absolute Gasteiger partial charge is 3.00 e. The van der Waals surface area contributed by atoms with Gasteiger partial charge in [0.1, 0.15) is 16.7 Å². The van der Waals surface area contributed by atoms with Crippen LogP contribution < -0.4 is 0 Å². The van der Waals surface area contributed by atoms with Crippen LogP contribution in [-0.4, -0.2) is 15.0 Å². The minimum Gasteiger partial charge on any atom is -0.501 e. The van der Waals surface area contributed by atoms with Crippen LogP contribution in [0.15, 0.2) is 232 Å². The van der Waals surface area contributed by atoms with Gasteiger partial charge in [-0.3, -0.25) is 0 Å². The smallest absolute Gasteiger partial charge is 0.501 e. The number of nitrogens with zero attached hydrogens (tertiary/aromatic N) is 3. The van der Waals surface area contributed by atoms with Crippen molar-refractivity contribution in [2.45, 2.75) is 41.5 Å². The van der Waals surface area contributed by atoms with Crippen molar-refractivity contribution in [3.05, 3.63) is 270 Å². The first kappa shape index (κ1) is 53.1. The Bertz CT molecular complexity index is 4320. The monoisotopic (exact) mass is 1240 g/mol. The predicted octanol–water partition coefficient (Wildman–Crippen LogP) is 20.2. The summed E-state index contributed by atoms with van der Waals surface area (Å²) in [6, 6.07) is 78.2. The van der Waals surface area contributed by atoms with E-state index in [-0.39, 0.29) is 20.1 Å². The van der Waals surface area contributed by atoms with Crippen LogP contribution in [0, 0.1) is 59.7 Å². The Morgan fingerprint density at radius 1 is 0.293 bits per heavy atom. The summed E-state index contributed by atoms with van der Waals surface area (Å²) in [6.07, 6.45) is 5.60. The molecule has 0 amide bonds. The maximum atomic E-state index is 6.16. The summed E-state index contributed by atoms with van der Waals surface area (Å²) in [5.41, 5.74) is 25.4. The van der Waals surface area contributed by atoms with E-state index in [2.05, 4.69) is 202 Å². The number of benzene rings is 9. The SMILES string of the molecule is Cc1cccc(C)c1-c1ccnc(-c2[c-]ccc3c2oc2ccccc23)c1.Cc1cccc(C)c1-c1ccnc(-c2[c-]ccc3c2oc2ccccc23)c1.Cc1cccc(C)c1-c1ccnc(-c2[c-]ccc3c2oc2ccccc23)c1.[Ir+3]. The molecule has 396 valence electrons. The van der Waals surface area contributed by atoms with Crippen molar-refractivity contribution in [2.75, 3.05) is 0 Å². The van der Waals surface area contributed by atoms with E-state index in [1.165, 1.54) is 50.1 Å². The summed E-state index contributed by atoms with van der Waals surface area (Å²) >= 11 is 0. The van der Waals surface area contributed by atoms with Crippen molar-refractivity contribution in [1.82, 2.24) is 15.0 Å². The van der Waals surface area contributed by atoms with Crippen LogP contribution in [0.2, 0.25) is 0 Å². The molecule has 0 saturated carbocycles. The molecule has 0 atom stereocenters. The number of furan rings is 3. The van der Waals surface area contributed by atoms with E-state index < -0.39 is 0 Å². The second-order valence-electron chi connectivity index (χ2n) is 20.7. The Morgan fingerprint density at radius 3 is 0.841 bits per heavy atom. The number of aryl methyl sites for hydroxylation is 6. The van der Waals surface area contributed by atoms with E-state index in [1.807, 2.05) is 91.4 Å². The molecule has 0 unspecified atom stereocenters. The molecule has 6 aromatic heterocycles. The first-order chi connectivity index (χ1) is 39.7. The number of pyridine rings is 3. The van der Waals surface area contributed by atoms with Gasteiger partial charge in [0.15, 0.2) is 0 Å². The summed E-state index contributed by atoms with van der Waals surface area (Å²) < 4.78 is 18.5. The van der Waals surface area contributed by atoms with Crippen molar-refractivity contribution in [3.63, 3.8) is 0 Å². The van der Waals surface area contributed by atoms with Gasteiger partial charge in [-0.25, -0.2) is 0 Å². The van der Waals surface area contributed by atoms with Crippen molar-refractivity contribution >= 4 is 65.8 Å². The standard InChI is InChI=1S/3C25H18NO.Ir/c3*1-16-7-5-8-17(2)24(16)18-13-14-26-22(15-18)21-11-6-10-20-19-9-3-4-12-23(19)27-25(20)21;/h3*3-10,12-15H,1-2H3;/q3*-1;+3. The number of hydrogen-bond acceptors (Lipinski definition) is 6. The Morgan fingerprint density at radius 2 is 0.561 bits per heavy atom. The summed E-state index contributed by atoms with van der Waals surface area (Å²) in [5.74, 6) is 0. The molecular weight excluding hydrogens is 1180 g/mol.